The van der Waals surface area contributed by atoms with Gasteiger partial charge in [-0.15, -0.1) is 0 Å². The average molecular weight is 382 g/mol. The number of ether oxygens (including phenoxy) is 2. The summed E-state index contributed by atoms with van der Waals surface area (Å²) in [5, 5.41) is 9.47. The van der Waals surface area contributed by atoms with Gasteiger partial charge in [-0.25, -0.2) is 12.8 Å². The maximum Gasteiger partial charge on any atom is 0.216 e. The quantitative estimate of drug-likeness (QED) is 0.581. The molecule has 0 saturated carbocycles. The van der Waals surface area contributed by atoms with Crippen molar-refractivity contribution in [2.45, 2.75) is 4.90 Å². The molecule has 0 amide bonds. The van der Waals surface area contributed by atoms with Crippen molar-refractivity contribution in [3.63, 3.8) is 0 Å². The molecule has 2 aromatic rings. The molecule has 0 aliphatic heterocycles. The predicted octanol–water partition coefficient (Wildman–Crippen LogP) is 3.83. The first kappa shape index (κ1) is 18.8. The third-order valence-corrected chi connectivity index (χ3v) is 5.24. The Kier molecular flexibility index (Phi) is 5.67. The van der Waals surface area contributed by atoms with Crippen LogP contribution in [0.3, 0.4) is 0 Å². The van der Waals surface area contributed by atoms with E-state index in [1.165, 1.54) is 26.4 Å². The van der Waals surface area contributed by atoms with Crippen molar-refractivity contribution in [2.24, 2.45) is 0 Å². The number of nitrogens with zero attached hydrogens (tertiary/aromatic N) is 1. The zero-order chi connectivity index (χ0) is 18.6. The second kappa shape index (κ2) is 7.55. The van der Waals surface area contributed by atoms with Gasteiger partial charge in [0.25, 0.3) is 0 Å². The summed E-state index contributed by atoms with van der Waals surface area (Å²) in [4.78, 5) is -0.698. The van der Waals surface area contributed by atoms with Crippen molar-refractivity contribution in [2.75, 3.05) is 14.2 Å². The zero-order valence-corrected chi connectivity index (χ0v) is 14.9. The van der Waals surface area contributed by atoms with E-state index in [2.05, 4.69) is 0 Å². The third kappa shape index (κ3) is 3.92. The van der Waals surface area contributed by atoms with Crippen LogP contribution in [0.1, 0.15) is 5.56 Å². The highest BCUT2D eigenvalue weighted by Gasteiger charge is 2.21. The lowest BCUT2D eigenvalue weighted by Crippen LogP contribution is -2.03. The summed E-state index contributed by atoms with van der Waals surface area (Å²) < 4.78 is 48.3. The van der Waals surface area contributed by atoms with Gasteiger partial charge < -0.3 is 9.47 Å². The molecule has 8 heteroatoms. The number of nitriles is 1. The molecule has 0 unspecified atom stereocenters. The highest BCUT2D eigenvalue weighted by Crippen LogP contribution is 2.37. The van der Waals surface area contributed by atoms with Crippen molar-refractivity contribution in [1.29, 1.82) is 5.26 Å². The van der Waals surface area contributed by atoms with Crippen LogP contribution in [0.15, 0.2) is 46.2 Å². The molecule has 0 aromatic heterocycles. The fourth-order valence-electron chi connectivity index (χ4n) is 2.08. The Morgan fingerprint density at radius 2 is 1.84 bits per heavy atom. The first-order chi connectivity index (χ1) is 11.8. The van der Waals surface area contributed by atoms with Crippen molar-refractivity contribution in [3.05, 3.63) is 57.7 Å². The molecule has 0 aliphatic rings. The highest BCUT2D eigenvalue weighted by molar-refractivity contribution is 7.95. The molecule has 0 N–H and O–H groups in total. The topological polar surface area (TPSA) is 76.4 Å². The first-order valence-corrected chi connectivity index (χ1v) is 8.73. The molecule has 2 rings (SSSR count). The van der Waals surface area contributed by atoms with Crippen LogP contribution >= 0.6 is 11.6 Å². The van der Waals surface area contributed by atoms with Crippen LogP contribution in [0.4, 0.5) is 4.39 Å². The van der Waals surface area contributed by atoms with Crippen molar-refractivity contribution in [3.8, 4) is 17.6 Å². The fraction of sp³-hybridized carbons (Fsp3) is 0.118. The number of halogens is 2. The van der Waals surface area contributed by atoms with Gasteiger partial charge >= 0.3 is 0 Å². The Morgan fingerprint density at radius 3 is 2.36 bits per heavy atom. The van der Waals surface area contributed by atoms with E-state index in [-0.39, 0.29) is 15.7 Å². The van der Waals surface area contributed by atoms with Gasteiger partial charge in [-0.2, -0.15) is 5.26 Å². The molecule has 5 nitrogen and oxygen atoms in total. The minimum Gasteiger partial charge on any atom is -0.493 e. The number of hydrogen-bond donors (Lipinski definition) is 0. The van der Waals surface area contributed by atoms with E-state index < -0.39 is 20.6 Å². The van der Waals surface area contributed by atoms with Gasteiger partial charge in [-0.05, 0) is 48.0 Å². The van der Waals surface area contributed by atoms with E-state index in [0.717, 1.165) is 30.3 Å². The van der Waals surface area contributed by atoms with Crippen LogP contribution in [0.25, 0.3) is 6.08 Å². The van der Waals surface area contributed by atoms with Crippen LogP contribution in [-0.2, 0) is 9.84 Å². The lowest BCUT2D eigenvalue weighted by molar-refractivity contribution is 0.355. The van der Waals surface area contributed by atoms with Crippen LogP contribution in [0, 0.1) is 17.1 Å². The lowest BCUT2D eigenvalue weighted by Gasteiger charge is -2.10. The molecule has 2 aromatic carbocycles. The maximum atomic E-state index is 13.0. The van der Waals surface area contributed by atoms with Gasteiger partial charge in [0, 0.05) is 0 Å². The summed E-state index contributed by atoms with van der Waals surface area (Å²) in [6, 6.07) is 8.79. The molecule has 0 aliphatic carbocycles. The van der Waals surface area contributed by atoms with Gasteiger partial charge in [-0.1, -0.05) is 11.6 Å². The van der Waals surface area contributed by atoms with Crippen LogP contribution in [0.5, 0.6) is 11.5 Å². The summed E-state index contributed by atoms with van der Waals surface area (Å²) in [5.74, 6) is 0.00652. The molecule has 0 heterocycles. The van der Waals surface area contributed by atoms with E-state index in [1.807, 2.05) is 0 Å². The van der Waals surface area contributed by atoms with Crippen molar-refractivity contribution < 1.29 is 22.3 Å². The normalized spacial score (nSPS) is 11.7. The Balaban J connectivity index is 2.56. The van der Waals surface area contributed by atoms with Gasteiger partial charge in [0.1, 0.15) is 16.8 Å². The van der Waals surface area contributed by atoms with Crippen LogP contribution < -0.4 is 9.47 Å². The Labute approximate surface area is 149 Å². The monoisotopic (exact) mass is 381 g/mol. The van der Waals surface area contributed by atoms with Crippen molar-refractivity contribution in [1.82, 2.24) is 0 Å². The van der Waals surface area contributed by atoms with E-state index in [1.54, 1.807) is 6.07 Å². The molecule has 130 valence electrons. The summed E-state index contributed by atoms with van der Waals surface area (Å²) in [6.45, 7) is 0. The molecule has 0 saturated heterocycles. The van der Waals surface area contributed by atoms with Gasteiger partial charge in [0.2, 0.25) is 9.84 Å². The molecule has 0 bridgehead atoms. The minimum atomic E-state index is -4.10. The lowest BCUT2D eigenvalue weighted by atomic mass is 10.2. The standard InChI is InChI=1S/C17H13ClFNO4S/c1-23-16-9-11(8-15(18)17(16)24-2)7-14(10-20)25(21,22)13-5-3-12(19)4-6-13/h3-9H,1-2H3/b14-7+. The molecule has 0 spiro atoms. The molecular weight excluding hydrogens is 369 g/mol. The zero-order valence-electron chi connectivity index (χ0n) is 13.3. The minimum absolute atomic E-state index is 0.187. The largest absolute Gasteiger partial charge is 0.493 e. The van der Waals surface area contributed by atoms with E-state index in [9.17, 15) is 18.1 Å². The summed E-state index contributed by atoms with van der Waals surface area (Å²) >= 11 is 6.08. The van der Waals surface area contributed by atoms with Crippen LogP contribution in [0.2, 0.25) is 5.02 Å². The molecule has 25 heavy (non-hydrogen) atoms. The second-order valence-electron chi connectivity index (χ2n) is 4.82. The molecule has 0 fully saturated rings. The van der Waals surface area contributed by atoms with Gasteiger partial charge in [0.15, 0.2) is 11.5 Å². The highest BCUT2D eigenvalue weighted by atomic mass is 35.5. The predicted molar refractivity (Wildman–Crippen MR) is 91.7 cm³/mol. The SMILES string of the molecule is COc1cc(/C=C(\C#N)S(=O)(=O)c2ccc(F)cc2)cc(Cl)c1OC. The number of rotatable bonds is 5. The Bertz CT molecular complexity index is 963. The van der Waals surface area contributed by atoms with Crippen molar-refractivity contribution >= 4 is 27.5 Å². The summed E-state index contributed by atoms with van der Waals surface area (Å²) in [7, 11) is -1.28. The Morgan fingerprint density at radius 1 is 1.20 bits per heavy atom. The molecule has 0 radical (unpaired) electrons. The van der Waals surface area contributed by atoms with E-state index in [0.29, 0.717) is 11.3 Å². The number of benzene rings is 2. The number of sulfone groups is 1. The molecular formula is C17H13ClFNO4S. The van der Waals surface area contributed by atoms with Gasteiger partial charge in [0.05, 0.1) is 24.1 Å². The summed E-state index contributed by atoms with van der Waals surface area (Å²) in [5.41, 5.74) is 0.338. The van der Waals surface area contributed by atoms with Gasteiger partial charge in [-0.3, -0.25) is 0 Å². The fourth-order valence-corrected chi connectivity index (χ4v) is 3.54. The first-order valence-electron chi connectivity index (χ1n) is 6.87. The van der Waals surface area contributed by atoms with E-state index in [4.69, 9.17) is 21.1 Å². The maximum absolute atomic E-state index is 13.0. The average Bonchev–Trinajstić information content (AvgIpc) is 2.59. The third-order valence-electron chi connectivity index (χ3n) is 3.28. The second-order valence-corrected chi connectivity index (χ2v) is 7.14. The smallest absolute Gasteiger partial charge is 0.216 e. The number of methoxy groups -OCH3 is 2. The number of allylic oxidation sites excluding steroid dienone is 1. The Hall–Kier alpha value is -2.56. The summed E-state index contributed by atoms with van der Waals surface area (Å²) in [6.07, 6.45) is 1.16. The number of hydrogen-bond acceptors (Lipinski definition) is 5. The molecule has 0 atom stereocenters. The van der Waals surface area contributed by atoms with Crippen LogP contribution in [-0.4, -0.2) is 22.6 Å². The van der Waals surface area contributed by atoms with E-state index >= 15 is 0 Å².